The van der Waals surface area contributed by atoms with Crippen LogP contribution in [0, 0.1) is 0 Å². The first-order chi connectivity index (χ1) is 10.1. The van der Waals surface area contributed by atoms with Gasteiger partial charge in [0.25, 0.3) is 0 Å². The van der Waals surface area contributed by atoms with Crippen molar-refractivity contribution in [3.8, 4) is 5.69 Å². The number of nitrogens with one attached hydrogen (secondary N) is 1. The number of ether oxygens (including phenoxy) is 2. The molecule has 1 aromatic heterocycles. The lowest BCUT2D eigenvalue weighted by Crippen LogP contribution is -2.30. The Kier molecular flexibility index (Phi) is 4.05. The Balaban J connectivity index is 1.48. The van der Waals surface area contributed by atoms with E-state index in [4.69, 9.17) is 9.47 Å². The molecule has 0 spiro atoms. The average molecular weight is 287 g/mol. The number of hydrogen-bond donors (Lipinski definition) is 1. The molecule has 0 saturated carbocycles. The lowest BCUT2D eigenvalue weighted by Gasteiger charge is -2.17. The van der Waals surface area contributed by atoms with Gasteiger partial charge in [-0.3, -0.25) is 0 Å². The normalized spacial score (nSPS) is 20.8. The molecule has 112 valence electrons. The molecule has 2 aromatic rings. The molecule has 21 heavy (non-hydrogen) atoms. The molecule has 1 atom stereocenters. The molecule has 0 amide bonds. The summed E-state index contributed by atoms with van der Waals surface area (Å²) < 4.78 is 13.3. The van der Waals surface area contributed by atoms with Gasteiger partial charge in [0.15, 0.2) is 5.79 Å². The van der Waals surface area contributed by atoms with Gasteiger partial charge < -0.3 is 19.4 Å². The molecular formula is C16H21N3O2. The summed E-state index contributed by atoms with van der Waals surface area (Å²) in [7, 11) is 0. The largest absolute Gasteiger partial charge is 0.348 e. The summed E-state index contributed by atoms with van der Waals surface area (Å²) in [6.45, 7) is 6.17. The zero-order valence-corrected chi connectivity index (χ0v) is 12.5. The Labute approximate surface area is 124 Å². The van der Waals surface area contributed by atoms with Gasteiger partial charge in [-0.1, -0.05) is 12.1 Å². The summed E-state index contributed by atoms with van der Waals surface area (Å²) in [6.07, 6.45) is 5.64. The summed E-state index contributed by atoms with van der Waals surface area (Å²) in [6, 6.07) is 8.44. The fourth-order valence-corrected chi connectivity index (χ4v) is 2.44. The zero-order chi connectivity index (χ0) is 14.7. The first kappa shape index (κ1) is 14.3. The van der Waals surface area contributed by atoms with Crippen LogP contribution in [0.1, 0.15) is 19.4 Å². The average Bonchev–Trinajstić information content (AvgIpc) is 3.09. The van der Waals surface area contributed by atoms with Crippen molar-refractivity contribution < 1.29 is 9.47 Å². The fraction of sp³-hybridized carbons (Fsp3) is 0.438. The maximum absolute atomic E-state index is 5.76. The SMILES string of the molecule is CC1(C)OCC(CNCc2ccc(-n3ccnc3)cc2)O1. The maximum Gasteiger partial charge on any atom is 0.163 e. The lowest BCUT2D eigenvalue weighted by atomic mass is 10.2. The Morgan fingerprint density at radius 3 is 2.76 bits per heavy atom. The Morgan fingerprint density at radius 2 is 2.14 bits per heavy atom. The highest BCUT2D eigenvalue weighted by molar-refractivity contribution is 5.34. The minimum absolute atomic E-state index is 0.130. The molecule has 1 aliphatic heterocycles. The second-order valence-corrected chi connectivity index (χ2v) is 5.72. The van der Waals surface area contributed by atoms with E-state index in [1.807, 2.05) is 24.6 Å². The molecule has 3 rings (SSSR count). The Bertz CT molecular complexity index is 564. The van der Waals surface area contributed by atoms with E-state index in [0.717, 1.165) is 18.8 Å². The van der Waals surface area contributed by atoms with Gasteiger partial charge >= 0.3 is 0 Å². The maximum atomic E-state index is 5.76. The highest BCUT2D eigenvalue weighted by Gasteiger charge is 2.32. The quantitative estimate of drug-likeness (QED) is 0.915. The summed E-state index contributed by atoms with van der Waals surface area (Å²) in [5.74, 6) is -0.446. The van der Waals surface area contributed by atoms with Crippen LogP contribution in [-0.4, -0.2) is 34.6 Å². The molecule has 1 aromatic carbocycles. The van der Waals surface area contributed by atoms with Crippen molar-refractivity contribution in [2.75, 3.05) is 13.2 Å². The van der Waals surface area contributed by atoms with E-state index in [1.165, 1.54) is 5.56 Å². The number of imidazole rings is 1. The number of aromatic nitrogens is 2. The van der Waals surface area contributed by atoms with Gasteiger partial charge in [-0.05, 0) is 31.5 Å². The molecule has 0 aliphatic carbocycles. The molecule has 1 aliphatic rings. The van der Waals surface area contributed by atoms with Crippen molar-refractivity contribution in [3.05, 3.63) is 48.5 Å². The van der Waals surface area contributed by atoms with E-state index in [1.54, 1.807) is 12.5 Å². The third kappa shape index (κ3) is 3.69. The van der Waals surface area contributed by atoms with Crippen LogP contribution in [-0.2, 0) is 16.0 Å². The topological polar surface area (TPSA) is 48.3 Å². The third-order valence-corrected chi connectivity index (χ3v) is 3.51. The Morgan fingerprint density at radius 1 is 1.33 bits per heavy atom. The van der Waals surface area contributed by atoms with Crippen molar-refractivity contribution in [1.82, 2.24) is 14.9 Å². The van der Waals surface area contributed by atoms with Gasteiger partial charge in [-0.15, -0.1) is 0 Å². The second-order valence-electron chi connectivity index (χ2n) is 5.72. The lowest BCUT2D eigenvalue weighted by molar-refractivity contribution is -0.137. The van der Waals surface area contributed by atoms with Gasteiger partial charge in [0, 0.05) is 31.2 Å². The molecule has 0 radical (unpaired) electrons. The molecule has 5 heteroatoms. The molecule has 1 unspecified atom stereocenters. The zero-order valence-electron chi connectivity index (χ0n) is 12.5. The monoisotopic (exact) mass is 287 g/mol. The number of benzene rings is 1. The molecule has 1 saturated heterocycles. The predicted octanol–water partition coefficient (Wildman–Crippen LogP) is 2.11. The summed E-state index contributed by atoms with van der Waals surface area (Å²) in [4.78, 5) is 4.05. The molecule has 2 heterocycles. The van der Waals surface area contributed by atoms with Crippen LogP contribution in [0.3, 0.4) is 0 Å². The van der Waals surface area contributed by atoms with Crippen molar-refractivity contribution in [1.29, 1.82) is 0 Å². The predicted molar refractivity (Wildman–Crippen MR) is 80.2 cm³/mol. The molecular weight excluding hydrogens is 266 g/mol. The van der Waals surface area contributed by atoms with Crippen LogP contribution < -0.4 is 5.32 Å². The highest BCUT2D eigenvalue weighted by atomic mass is 16.7. The van der Waals surface area contributed by atoms with Crippen LogP contribution in [0.2, 0.25) is 0 Å². The first-order valence-corrected chi connectivity index (χ1v) is 7.22. The van der Waals surface area contributed by atoms with Crippen molar-refractivity contribution in [2.24, 2.45) is 0 Å². The third-order valence-electron chi connectivity index (χ3n) is 3.51. The summed E-state index contributed by atoms with van der Waals surface area (Å²) in [5, 5.41) is 3.41. The standard InChI is InChI=1S/C16H21N3O2/c1-16(2)20-11-15(21-16)10-18-9-13-3-5-14(6-4-13)19-8-7-17-12-19/h3-8,12,15,18H,9-11H2,1-2H3. The number of hydrogen-bond acceptors (Lipinski definition) is 4. The summed E-state index contributed by atoms with van der Waals surface area (Å²) in [5.41, 5.74) is 2.36. The summed E-state index contributed by atoms with van der Waals surface area (Å²) >= 11 is 0. The van der Waals surface area contributed by atoms with Gasteiger partial charge in [-0.25, -0.2) is 4.98 Å². The van der Waals surface area contributed by atoms with Crippen molar-refractivity contribution >= 4 is 0 Å². The van der Waals surface area contributed by atoms with E-state index in [0.29, 0.717) is 6.61 Å². The van der Waals surface area contributed by atoms with Gasteiger partial charge in [0.1, 0.15) is 0 Å². The van der Waals surface area contributed by atoms with Crippen LogP contribution >= 0.6 is 0 Å². The van der Waals surface area contributed by atoms with Crippen LogP contribution in [0.15, 0.2) is 43.0 Å². The Hall–Kier alpha value is -1.69. The van der Waals surface area contributed by atoms with E-state index >= 15 is 0 Å². The van der Waals surface area contributed by atoms with E-state index in [2.05, 4.69) is 34.6 Å². The molecule has 1 fully saturated rings. The molecule has 0 bridgehead atoms. The van der Waals surface area contributed by atoms with E-state index in [9.17, 15) is 0 Å². The number of nitrogens with zero attached hydrogens (tertiary/aromatic N) is 2. The van der Waals surface area contributed by atoms with Crippen molar-refractivity contribution in [3.63, 3.8) is 0 Å². The van der Waals surface area contributed by atoms with Gasteiger partial charge in [0.05, 0.1) is 19.0 Å². The molecule has 5 nitrogen and oxygen atoms in total. The number of rotatable bonds is 5. The van der Waals surface area contributed by atoms with E-state index in [-0.39, 0.29) is 6.10 Å². The van der Waals surface area contributed by atoms with E-state index < -0.39 is 5.79 Å². The fourth-order valence-electron chi connectivity index (χ4n) is 2.44. The van der Waals surface area contributed by atoms with Crippen LogP contribution in [0.5, 0.6) is 0 Å². The first-order valence-electron chi connectivity index (χ1n) is 7.22. The molecule has 1 N–H and O–H groups in total. The van der Waals surface area contributed by atoms with Gasteiger partial charge in [0.2, 0.25) is 0 Å². The van der Waals surface area contributed by atoms with Crippen LogP contribution in [0.4, 0.5) is 0 Å². The second kappa shape index (κ2) is 5.97. The van der Waals surface area contributed by atoms with Gasteiger partial charge in [-0.2, -0.15) is 0 Å². The minimum Gasteiger partial charge on any atom is -0.348 e. The van der Waals surface area contributed by atoms with Crippen molar-refractivity contribution in [2.45, 2.75) is 32.3 Å². The minimum atomic E-state index is -0.446. The van der Waals surface area contributed by atoms with Crippen LogP contribution in [0.25, 0.3) is 5.69 Å². The smallest absolute Gasteiger partial charge is 0.163 e. The highest BCUT2D eigenvalue weighted by Crippen LogP contribution is 2.21.